The van der Waals surface area contributed by atoms with Crippen LogP contribution in [0.1, 0.15) is 26.3 Å². The summed E-state index contributed by atoms with van der Waals surface area (Å²) in [4.78, 5) is 0. The first-order valence-corrected chi connectivity index (χ1v) is 13.7. The van der Waals surface area contributed by atoms with E-state index >= 15 is 0 Å². The maximum Gasteiger partial charge on any atom is 0.261 e. The summed E-state index contributed by atoms with van der Waals surface area (Å²) >= 11 is 0. The SMILES string of the molecule is C=C[C@@H](NCc1ccccc1)[C@H]1O[C@@H]1CO[Si](c1ccccc1)(c1ccccc1)C(C)(C)C. The van der Waals surface area contributed by atoms with Gasteiger partial charge in [-0.1, -0.05) is 118 Å². The van der Waals surface area contributed by atoms with E-state index in [2.05, 4.69) is 118 Å². The van der Waals surface area contributed by atoms with Crippen LogP contribution in [0, 0.1) is 0 Å². The van der Waals surface area contributed by atoms with E-state index in [4.69, 9.17) is 9.16 Å². The zero-order valence-electron chi connectivity index (χ0n) is 19.9. The lowest BCUT2D eigenvalue weighted by Gasteiger charge is -2.43. The van der Waals surface area contributed by atoms with E-state index in [1.807, 2.05) is 12.1 Å². The van der Waals surface area contributed by atoms with Crippen LogP contribution in [0.25, 0.3) is 0 Å². The van der Waals surface area contributed by atoms with Gasteiger partial charge in [0.15, 0.2) is 0 Å². The minimum atomic E-state index is -2.54. The van der Waals surface area contributed by atoms with E-state index in [-0.39, 0.29) is 23.3 Å². The van der Waals surface area contributed by atoms with E-state index in [0.717, 1.165) is 6.54 Å². The van der Waals surface area contributed by atoms with Crippen molar-refractivity contribution in [3.8, 4) is 0 Å². The molecule has 4 rings (SSSR count). The Morgan fingerprint density at radius 3 is 1.91 bits per heavy atom. The second kappa shape index (κ2) is 10.2. The molecule has 3 aromatic rings. The molecule has 4 heteroatoms. The molecule has 0 amide bonds. The largest absolute Gasteiger partial charge is 0.405 e. The second-order valence-corrected chi connectivity index (χ2v) is 14.0. The van der Waals surface area contributed by atoms with Crippen molar-refractivity contribution in [3.05, 3.63) is 109 Å². The maximum atomic E-state index is 7.03. The zero-order valence-corrected chi connectivity index (χ0v) is 20.9. The van der Waals surface area contributed by atoms with Gasteiger partial charge in [0.2, 0.25) is 0 Å². The first-order chi connectivity index (χ1) is 16.0. The van der Waals surface area contributed by atoms with Gasteiger partial charge >= 0.3 is 0 Å². The minimum Gasteiger partial charge on any atom is -0.405 e. The number of hydrogen-bond donors (Lipinski definition) is 1. The number of ether oxygens (including phenoxy) is 1. The first-order valence-electron chi connectivity index (χ1n) is 11.8. The summed E-state index contributed by atoms with van der Waals surface area (Å²) in [6.45, 7) is 12.3. The smallest absolute Gasteiger partial charge is 0.261 e. The van der Waals surface area contributed by atoms with E-state index in [1.165, 1.54) is 15.9 Å². The molecule has 0 radical (unpaired) electrons. The number of benzene rings is 3. The fraction of sp³-hybridized carbons (Fsp3) is 0.310. The predicted octanol–water partition coefficient (Wildman–Crippen LogP) is 4.67. The Morgan fingerprint density at radius 2 is 1.42 bits per heavy atom. The van der Waals surface area contributed by atoms with Crippen molar-refractivity contribution < 1.29 is 9.16 Å². The van der Waals surface area contributed by atoms with Gasteiger partial charge < -0.3 is 14.5 Å². The number of hydrogen-bond acceptors (Lipinski definition) is 3. The fourth-order valence-electron chi connectivity index (χ4n) is 4.74. The van der Waals surface area contributed by atoms with Crippen molar-refractivity contribution in [2.45, 2.75) is 50.6 Å². The van der Waals surface area contributed by atoms with E-state index in [0.29, 0.717) is 6.61 Å². The monoisotopic (exact) mass is 457 g/mol. The fourth-order valence-corrected chi connectivity index (χ4v) is 9.31. The third-order valence-electron chi connectivity index (χ3n) is 6.50. The highest BCUT2D eigenvalue weighted by Crippen LogP contribution is 2.38. The van der Waals surface area contributed by atoms with Crippen molar-refractivity contribution in [3.63, 3.8) is 0 Å². The van der Waals surface area contributed by atoms with Crippen LogP contribution in [0.4, 0.5) is 0 Å². The molecule has 1 fully saturated rings. The topological polar surface area (TPSA) is 33.8 Å². The molecule has 3 aromatic carbocycles. The average Bonchev–Trinajstić information content (AvgIpc) is 3.60. The summed E-state index contributed by atoms with van der Waals surface area (Å²) in [5.74, 6) is 0. The number of nitrogens with one attached hydrogen (secondary N) is 1. The number of rotatable bonds is 10. The molecule has 0 aliphatic carbocycles. The van der Waals surface area contributed by atoms with Crippen LogP contribution in [-0.4, -0.2) is 33.2 Å². The van der Waals surface area contributed by atoms with Crippen LogP contribution in [0.5, 0.6) is 0 Å². The zero-order chi connectivity index (χ0) is 23.3. The molecule has 0 saturated carbocycles. The molecule has 0 unspecified atom stereocenters. The van der Waals surface area contributed by atoms with Gasteiger partial charge in [0.25, 0.3) is 8.32 Å². The van der Waals surface area contributed by atoms with Crippen LogP contribution >= 0.6 is 0 Å². The quantitative estimate of drug-likeness (QED) is 0.273. The van der Waals surface area contributed by atoms with Gasteiger partial charge in [-0.25, -0.2) is 0 Å². The Labute approximate surface area is 199 Å². The van der Waals surface area contributed by atoms with Crippen LogP contribution in [0.15, 0.2) is 104 Å². The summed E-state index contributed by atoms with van der Waals surface area (Å²) in [7, 11) is -2.54. The Kier molecular flexibility index (Phi) is 7.30. The Morgan fingerprint density at radius 1 is 0.909 bits per heavy atom. The molecule has 172 valence electrons. The number of epoxide rings is 1. The van der Waals surface area contributed by atoms with E-state index in [1.54, 1.807) is 0 Å². The Hall–Kier alpha value is -2.50. The highest BCUT2D eigenvalue weighted by Gasteiger charge is 2.52. The average molecular weight is 458 g/mol. The van der Waals surface area contributed by atoms with Gasteiger partial charge in [-0.2, -0.15) is 0 Å². The summed E-state index contributed by atoms with van der Waals surface area (Å²) in [6, 6.07) is 32.0. The van der Waals surface area contributed by atoms with Crippen molar-refractivity contribution in [2.75, 3.05) is 6.61 Å². The van der Waals surface area contributed by atoms with Gasteiger partial charge in [-0.05, 0) is 21.0 Å². The molecular formula is C29H35NO2Si. The first kappa shape index (κ1) is 23.6. The molecule has 0 spiro atoms. The lowest BCUT2D eigenvalue weighted by atomic mass is 10.1. The lowest BCUT2D eigenvalue weighted by Crippen LogP contribution is -2.66. The van der Waals surface area contributed by atoms with Crippen LogP contribution in [0.2, 0.25) is 5.04 Å². The third kappa shape index (κ3) is 5.20. The van der Waals surface area contributed by atoms with Gasteiger partial charge in [0.05, 0.1) is 12.6 Å². The molecule has 1 aliphatic heterocycles. The summed E-state index contributed by atoms with van der Waals surface area (Å²) in [5.41, 5.74) is 1.25. The van der Waals surface area contributed by atoms with E-state index < -0.39 is 8.32 Å². The lowest BCUT2D eigenvalue weighted by molar-refractivity contribution is 0.246. The minimum absolute atomic E-state index is 0.0382. The van der Waals surface area contributed by atoms with Crippen molar-refractivity contribution in [2.24, 2.45) is 0 Å². The van der Waals surface area contributed by atoms with Crippen LogP contribution in [-0.2, 0) is 15.7 Å². The van der Waals surface area contributed by atoms with Gasteiger partial charge in [-0.15, -0.1) is 6.58 Å². The Balaban J connectivity index is 1.51. The van der Waals surface area contributed by atoms with Crippen molar-refractivity contribution in [1.82, 2.24) is 5.32 Å². The molecule has 1 aliphatic rings. The Bertz CT molecular complexity index is 978. The molecule has 3 atom stereocenters. The van der Waals surface area contributed by atoms with Crippen LogP contribution < -0.4 is 15.7 Å². The van der Waals surface area contributed by atoms with Crippen molar-refractivity contribution in [1.29, 1.82) is 0 Å². The molecule has 1 N–H and O–H groups in total. The molecule has 3 nitrogen and oxygen atoms in total. The highest BCUT2D eigenvalue weighted by atomic mass is 28.4. The second-order valence-electron chi connectivity index (χ2n) is 9.74. The molecule has 33 heavy (non-hydrogen) atoms. The molecule has 0 aromatic heterocycles. The van der Waals surface area contributed by atoms with Gasteiger partial charge in [0, 0.05) is 6.54 Å². The van der Waals surface area contributed by atoms with Crippen LogP contribution in [0.3, 0.4) is 0 Å². The normalized spacial score (nSPS) is 19.1. The van der Waals surface area contributed by atoms with Crippen molar-refractivity contribution >= 4 is 18.7 Å². The third-order valence-corrected chi connectivity index (χ3v) is 11.5. The van der Waals surface area contributed by atoms with E-state index in [9.17, 15) is 0 Å². The van der Waals surface area contributed by atoms with Gasteiger partial charge in [0.1, 0.15) is 12.2 Å². The summed E-state index contributed by atoms with van der Waals surface area (Å²) < 4.78 is 13.1. The molecular weight excluding hydrogens is 422 g/mol. The molecule has 0 bridgehead atoms. The van der Waals surface area contributed by atoms with Gasteiger partial charge in [-0.3, -0.25) is 0 Å². The highest BCUT2D eigenvalue weighted by molar-refractivity contribution is 6.99. The molecule has 1 heterocycles. The summed E-state index contributed by atoms with van der Waals surface area (Å²) in [6.07, 6.45) is 2.11. The molecule has 1 saturated heterocycles. The predicted molar refractivity (Wildman–Crippen MR) is 140 cm³/mol. The summed E-state index contributed by atoms with van der Waals surface area (Å²) in [5, 5.41) is 6.13. The maximum absolute atomic E-state index is 7.03. The standard InChI is InChI=1S/C29H35NO2Si/c1-5-26(30-21-23-15-9-6-10-16-23)28-27(32-28)22-31-33(29(2,3)4,24-17-11-7-12-18-24)25-19-13-8-14-20-25/h5-20,26-28,30H,1,21-22H2,2-4H3/t26-,27-,28-/m1/s1.